The Kier molecular flexibility index (Phi) is 5.01. The molecule has 17 heavy (non-hydrogen) atoms. The van der Waals surface area contributed by atoms with Crippen LogP contribution in [0.5, 0.6) is 0 Å². The van der Waals surface area contributed by atoms with Crippen LogP contribution in [0.25, 0.3) is 0 Å². The van der Waals surface area contributed by atoms with Gasteiger partial charge in [0.15, 0.2) is 5.96 Å². The first-order valence-corrected chi connectivity index (χ1v) is 6.09. The molecule has 0 bridgehead atoms. The molecule has 1 aromatic carbocycles. The van der Waals surface area contributed by atoms with Crippen LogP contribution in [-0.4, -0.2) is 18.0 Å². The maximum absolute atomic E-state index is 5.78. The summed E-state index contributed by atoms with van der Waals surface area (Å²) in [5.74, 6) is 0.533. The highest BCUT2D eigenvalue weighted by atomic mass is 15.1. The van der Waals surface area contributed by atoms with Crippen LogP contribution in [0.3, 0.4) is 0 Å². The first-order valence-electron chi connectivity index (χ1n) is 6.09. The summed E-state index contributed by atoms with van der Waals surface area (Å²) >= 11 is 0. The van der Waals surface area contributed by atoms with Gasteiger partial charge in [-0.15, -0.1) is 0 Å². The third-order valence-corrected chi connectivity index (χ3v) is 2.25. The van der Waals surface area contributed by atoms with Gasteiger partial charge in [-0.2, -0.15) is 0 Å². The van der Waals surface area contributed by atoms with E-state index in [9.17, 15) is 0 Å². The molecule has 0 amide bonds. The van der Waals surface area contributed by atoms with E-state index in [1.165, 1.54) is 5.56 Å². The van der Waals surface area contributed by atoms with Gasteiger partial charge in [-0.1, -0.05) is 30.3 Å². The smallest absolute Gasteiger partial charge is 0.188 e. The molecule has 94 valence electrons. The standard InChI is InChI=1S/C14H23N3/c1-14(2,3)17-13(15)16-11-7-10-12-8-5-4-6-9-12/h4-6,8-9H,7,10-11H2,1-3H3,(H3,15,16,17). The molecule has 0 aromatic heterocycles. The molecular weight excluding hydrogens is 210 g/mol. The van der Waals surface area contributed by atoms with Crippen molar-refractivity contribution < 1.29 is 0 Å². The van der Waals surface area contributed by atoms with Crippen LogP contribution in [0.15, 0.2) is 35.3 Å². The summed E-state index contributed by atoms with van der Waals surface area (Å²) in [4.78, 5) is 4.31. The van der Waals surface area contributed by atoms with Crippen LogP contribution in [0, 0.1) is 0 Å². The first-order chi connectivity index (χ1) is 7.97. The molecule has 0 aliphatic carbocycles. The number of guanidine groups is 1. The largest absolute Gasteiger partial charge is 0.370 e. The molecule has 3 N–H and O–H groups in total. The summed E-state index contributed by atoms with van der Waals surface area (Å²) in [6.45, 7) is 6.97. The van der Waals surface area contributed by atoms with Crippen molar-refractivity contribution in [3.63, 3.8) is 0 Å². The molecule has 0 aliphatic rings. The fraction of sp³-hybridized carbons (Fsp3) is 0.500. The minimum atomic E-state index is -0.0208. The number of aryl methyl sites for hydroxylation is 1. The zero-order valence-corrected chi connectivity index (χ0v) is 11.0. The van der Waals surface area contributed by atoms with Crippen LogP contribution >= 0.6 is 0 Å². The topological polar surface area (TPSA) is 50.4 Å². The third-order valence-electron chi connectivity index (χ3n) is 2.25. The molecule has 1 aromatic rings. The molecule has 3 heteroatoms. The summed E-state index contributed by atoms with van der Waals surface area (Å²) in [6, 6.07) is 10.4. The van der Waals surface area contributed by atoms with E-state index >= 15 is 0 Å². The van der Waals surface area contributed by atoms with Crippen LogP contribution in [0.1, 0.15) is 32.8 Å². The van der Waals surface area contributed by atoms with E-state index in [0.29, 0.717) is 5.96 Å². The lowest BCUT2D eigenvalue weighted by atomic mass is 10.1. The van der Waals surface area contributed by atoms with Crippen molar-refractivity contribution in [2.75, 3.05) is 6.54 Å². The number of nitrogens with one attached hydrogen (secondary N) is 1. The molecule has 0 saturated carbocycles. The van der Waals surface area contributed by atoms with Crippen molar-refractivity contribution in [3.05, 3.63) is 35.9 Å². The van der Waals surface area contributed by atoms with Gasteiger partial charge in [0.2, 0.25) is 0 Å². The lowest BCUT2D eigenvalue weighted by Gasteiger charge is -2.20. The second-order valence-corrected chi connectivity index (χ2v) is 5.23. The Balaban J connectivity index is 2.26. The number of aliphatic imine (C=N–C) groups is 1. The second kappa shape index (κ2) is 6.28. The van der Waals surface area contributed by atoms with E-state index in [2.05, 4.69) is 55.3 Å². The van der Waals surface area contributed by atoms with Gasteiger partial charge < -0.3 is 11.1 Å². The van der Waals surface area contributed by atoms with E-state index < -0.39 is 0 Å². The number of benzene rings is 1. The molecular formula is C14H23N3. The lowest BCUT2D eigenvalue weighted by molar-refractivity contribution is 0.508. The predicted octanol–water partition coefficient (Wildman–Crippen LogP) is 2.32. The van der Waals surface area contributed by atoms with Crippen molar-refractivity contribution in [1.29, 1.82) is 0 Å². The number of nitrogens with two attached hydrogens (primary N) is 1. The molecule has 0 unspecified atom stereocenters. The average Bonchev–Trinajstić information content (AvgIpc) is 2.23. The van der Waals surface area contributed by atoms with Crippen molar-refractivity contribution in [2.24, 2.45) is 10.7 Å². The van der Waals surface area contributed by atoms with Crippen LogP contribution in [0.2, 0.25) is 0 Å². The highest BCUT2D eigenvalue weighted by Crippen LogP contribution is 2.02. The van der Waals surface area contributed by atoms with Gasteiger partial charge in [0.05, 0.1) is 0 Å². The van der Waals surface area contributed by atoms with Gasteiger partial charge in [0.25, 0.3) is 0 Å². The average molecular weight is 233 g/mol. The number of nitrogens with zero attached hydrogens (tertiary/aromatic N) is 1. The van der Waals surface area contributed by atoms with Crippen molar-refractivity contribution in [1.82, 2.24) is 5.32 Å². The summed E-state index contributed by atoms with van der Waals surface area (Å²) in [7, 11) is 0. The maximum Gasteiger partial charge on any atom is 0.188 e. The summed E-state index contributed by atoms with van der Waals surface area (Å²) < 4.78 is 0. The normalized spacial score (nSPS) is 12.5. The molecule has 1 rings (SSSR count). The number of hydrogen-bond donors (Lipinski definition) is 2. The lowest BCUT2D eigenvalue weighted by Crippen LogP contribution is -2.45. The van der Waals surface area contributed by atoms with E-state index in [-0.39, 0.29) is 5.54 Å². The Labute approximate surface area is 104 Å². The fourth-order valence-electron chi connectivity index (χ4n) is 1.55. The minimum Gasteiger partial charge on any atom is -0.370 e. The molecule has 0 spiro atoms. The van der Waals surface area contributed by atoms with Gasteiger partial charge >= 0.3 is 0 Å². The predicted molar refractivity (Wildman–Crippen MR) is 74.1 cm³/mol. The molecule has 0 aliphatic heterocycles. The minimum absolute atomic E-state index is 0.0208. The van der Waals surface area contributed by atoms with E-state index in [4.69, 9.17) is 5.73 Å². The van der Waals surface area contributed by atoms with Crippen LogP contribution in [-0.2, 0) is 6.42 Å². The Morgan fingerprint density at radius 1 is 1.24 bits per heavy atom. The van der Waals surface area contributed by atoms with Crippen molar-refractivity contribution in [3.8, 4) is 0 Å². The number of rotatable bonds is 4. The summed E-state index contributed by atoms with van der Waals surface area (Å²) in [5, 5.41) is 3.15. The summed E-state index contributed by atoms with van der Waals surface area (Å²) in [6.07, 6.45) is 2.07. The van der Waals surface area contributed by atoms with Gasteiger partial charge in [-0.05, 0) is 39.2 Å². The SMILES string of the molecule is CC(C)(C)NC(N)=NCCCc1ccccc1. The Bertz CT molecular complexity index is 349. The van der Waals surface area contributed by atoms with Gasteiger partial charge in [-0.3, -0.25) is 4.99 Å². The highest BCUT2D eigenvalue weighted by molar-refractivity contribution is 5.78. The van der Waals surface area contributed by atoms with Crippen molar-refractivity contribution >= 4 is 5.96 Å². The molecule has 0 saturated heterocycles. The monoisotopic (exact) mass is 233 g/mol. The summed E-state index contributed by atoms with van der Waals surface area (Å²) in [5.41, 5.74) is 7.11. The fourth-order valence-corrected chi connectivity index (χ4v) is 1.55. The molecule has 0 radical (unpaired) electrons. The molecule has 0 heterocycles. The van der Waals surface area contributed by atoms with Crippen molar-refractivity contribution in [2.45, 2.75) is 39.2 Å². The Morgan fingerprint density at radius 2 is 1.88 bits per heavy atom. The first kappa shape index (κ1) is 13.6. The zero-order chi connectivity index (χ0) is 12.7. The highest BCUT2D eigenvalue weighted by Gasteiger charge is 2.09. The van der Waals surface area contributed by atoms with Crippen LogP contribution < -0.4 is 11.1 Å². The van der Waals surface area contributed by atoms with E-state index in [0.717, 1.165) is 19.4 Å². The third kappa shape index (κ3) is 6.61. The van der Waals surface area contributed by atoms with Gasteiger partial charge in [0, 0.05) is 12.1 Å². The van der Waals surface area contributed by atoms with Gasteiger partial charge in [-0.25, -0.2) is 0 Å². The quantitative estimate of drug-likeness (QED) is 0.476. The number of hydrogen-bond acceptors (Lipinski definition) is 1. The maximum atomic E-state index is 5.78. The zero-order valence-electron chi connectivity index (χ0n) is 11.0. The van der Waals surface area contributed by atoms with Crippen LogP contribution in [0.4, 0.5) is 0 Å². The second-order valence-electron chi connectivity index (χ2n) is 5.23. The van der Waals surface area contributed by atoms with E-state index in [1.54, 1.807) is 0 Å². The molecule has 0 fully saturated rings. The molecule has 0 atom stereocenters. The van der Waals surface area contributed by atoms with Gasteiger partial charge in [0.1, 0.15) is 0 Å². The Morgan fingerprint density at radius 3 is 2.47 bits per heavy atom. The Hall–Kier alpha value is -1.51. The van der Waals surface area contributed by atoms with E-state index in [1.807, 2.05) is 6.07 Å². The molecule has 3 nitrogen and oxygen atoms in total.